The summed E-state index contributed by atoms with van der Waals surface area (Å²) in [6.07, 6.45) is 1.67. The molecule has 100 valence electrons. The molecule has 0 radical (unpaired) electrons. The highest BCUT2D eigenvalue weighted by Crippen LogP contribution is 2.31. The average molecular weight is 257 g/mol. The molecule has 0 unspecified atom stereocenters. The van der Waals surface area contributed by atoms with Gasteiger partial charge in [0.05, 0.1) is 6.61 Å². The number of aryl methyl sites for hydroxylation is 1. The summed E-state index contributed by atoms with van der Waals surface area (Å²) >= 11 is 0. The summed E-state index contributed by atoms with van der Waals surface area (Å²) in [6, 6.07) is 9.76. The van der Waals surface area contributed by atoms with Crippen LogP contribution < -0.4 is 4.74 Å². The van der Waals surface area contributed by atoms with Gasteiger partial charge >= 0.3 is 0 Å². The van der Waals surface area contributed by atoms with Crippen molar-refractivity contribution in [3.05, 3.63) is 53.2 Å². The van der Waals surface area contributed by atoms with Crippen LogP contribution in [0.25, 0.3) is 0 Å². The minimum Gasteiger partial charge on any atom is -0.438 e. The third-order valence-corrected chi connectivity index (χ3v) is 3.02. The summed E-state index contributed by atoms with van der Waals surface area (Å²) in [6.45, 7) is 6.21. The van der Waals surface area contributed by atoms with Gasteiger partial charge in [0.1, 0.15) is 5.75 Å². The number of hydrogen-bond donors (Lipinski definition) is 1. The summed E-state index contributed by atoms with van der Waals surface area (Å²) < 4.78 is 5.90. The van der Waals surface area contributed by atoms with Crippen molar-refractivity contribution in [3.8, 4) is 11.6 Å². The molecule has 0 aliphatic heterocycles. The van der Waals surface area contributed by atoms with Gasteiger partial charge in [-0.25, -0.2) is 4.98 Å². The number of nitrogens with zero attached hydrogens (tertiary/aromatic N) is 1. The quantitative estimate of drug-likeness (QED) is 0.906. The first-order chi connectivity index (χ1) is 9.11. The van der Waals surface area contributed by atoms with E-state index in [1.807, 2.05) is 19.1 Å². The van der Waals surface area contributed by atoms with Crippen molar-refractivity contribution in [2.24, 2.45) is 0 Å². The van der Waals surface area contributed by atoms with E-state index in [9.17, 15) is 5.11 Å². The Morgan fingerprint density at radius 3 is 2.74 bits per heavy atom. The molecule has 0 aliphatic carbocycles. The zero-order chi connectivity index (χ0) is 13.8. The zero-order valence-corrected chi connectivity index (χ0v) is 11.6. The SMILES string of the molecule is Cc1ccc(C(C)C)c(Oc2ncccc2CO)c1. The maximum Gasteiger partial charge on any atom is 0.224 e. The van der Waals surface area contributed by atoms with E-state index in [-0.39, 0.29) is 6.61 Å². The van der Waals surface area contributed by atoms with Gasteiger partial charge in [0.15, 0.2) is 0 Å². The van der Waals surface area contributed by atoms with Gasteiger partial charge in [0, 0.05) is 11.8 Å². The first kappa shape index (κ1) is 13.6. The van der Waals surface area contributed by atoms with Crippen molar-refractivity contribution in [1.29, 1.82) is 0 Å². The molecule has 0 spiro atoms. The number of aliphatic hydroxyl groups is 1. The van der Waals surface area contributed by atoms with Crippen molar-refractivity contribution in [2.45, 2.75) is 33.3 Å². The molecular weight excluding hydrogens is 238 g/mol. The number of benzene rings is 1. The predicted octanol–water partition coefficient (Wildman–Crippen LogP) is 3.80. The van der Waals surface area contributed by atoms with Crippen LogP contribution >= 0.6 is 0 Å². The monoisotopic (exact) mass is 257 g/mol. The van der Waals surface area contributed by atoms with Gasteiger partial charge in [-0.15, -0.1) is 0 Å². The molecule has 1 N–H and O–H groups in total. The van der Waals surface area contributed by atoms with E-state index in [2.05, 4.69) is 31.0 Å². The summed E-state index contributed by atoms with van der Waals surface area (Å²) in [5.41, 5.74) is 2.97. The molecule has 0 fully saturated rings. The molecule has 0 atom stereocenters. The van der Waals surface area contributed by atoms with E-state index < -0.39 is 0 Å². The second kappa shape index (κ2) is 5.85. The second-order valence-corrected chi connectivity index (χ2v) is 4.92. The number of aromatic nitrogens is 1. The Kier molecular flexibility index (Phi) is 4.17. The van der Waals surface area contributed by atoms with Crippen LogP contribution in [0.15, 0.2) is 36.5 Å². The van der Waals surface area contributed by atoms with E-state index in [0.29, 0.717) is 17.4 Å². The highest BCUT2D eigenvalue weighted by molar-refractivity contribution is 5.42. The number of aliphatic hydroxyl groups excluding tert-OH is 1. The van der Waals surface area contributed by atoms with E-state index >= 15 is 0 Å². The van der Waals surface area contributed by atoms with Crippen molar-refractivity contribution >= 4 is 0 Å². The van der Waals surface area contributed by atoms with Crippen molar-refractivity contribution in [1.82, 2.24) is 4.98 Å². The number of rotatable bonds is 4. The smallest absolute Gasteiger partial charge is 0.224 e. The Morgan fingerprint density at radius 1 is 1.26 bits per heavy atom. The van der Waals surface area contributed by atoms with Crippen LogP contribution in [0.4, 0.5) is 0 Å². The molecule has 1 aromatic heterocycles. The Bertz CT molecular complexity index is 564. The third-order valence-electron chi connectivity index (χ3n) is 3.02. The molecule has 19 heavy (non-hydrogen) atoms. The van der Waals surface area contributed by atoms with Crippen LogP contribution in [0.3, 0.4) is 0 Å². The highest BCUT2D eigenvalue weighted by Gasteiger charge is 2.11. The Morgan fingerprint density at radius 2 is 2.05 bits per heavy atom. The maximum atomic E-state index is 9.31. The lowest BCUT2D eigenvalue weighted by Gasteiger charge is -2.15. The minimum absolute atomic E-state index is 0.0774. The molecule has 0 saturated carbocycles. The van der Waals surface area contributed by atoms with E-state index in [0.717, 1.165) is 16.9 Å². The van der Waals surface area contributed by atoms with Gasteiger partial charge in [-0.05, 0) is 42.2 Å². The lowest BCUT2D eigenvalue weighted by molar-refractivity contribution is 0.275. The fourth-order valence-corrected chi connectivity index (χ4v) is 1.95. The van der Waals surface area contributed by atoms with Gasteiger partial charge in [0.25, 0.3) is 0 Å². The molecule has 0 bridgehead atoms. The van der Waals surface area contributed by atoms with Crippen molar-refractivity contribution < 1.29 is 9.84 Å². The minimum atomic E-state index is -0.0774. The number of ether oxygens (including phenoxy) is 1. The normalized spacial score (nSPS) is 10.8. The maximum absolute atomic E-state index is 9.31. The lowest BCUT2D eigenvalue weighted by atomic mass is 10.0. The number of pyridine rings is 1. The van der Waals surface area contributed by atoms with Crippen LogP contribution in [0.5, 0.6) is 11.6 Å². The highest BCUT2D eigenvalue weighted by atomic mass is 16.5. The van der Waals surface area contributed by atoms with Crippen LogP contribution in [-0.2, 0) is 6.61 Å². The largest absolute Gasteiger partial charge is 0.438 e. The van der Waals surface area contributed by atoms with E-state index in [4.69, 9.17) is 4.74 Å². The molecule has 2 rings (SSSR count). The second-order valence-electron chi connectivity index (χ2n) is 4.92. The topological polar surface area (TPSA) is 42.4 Å². The molecule has 3 heteroatoms. The molecule has 0 saturated heterocycles. The third kappa shape index (κ3) is 3.12. The zero-order valence-electron chi connectivity index (χ0n) is 11.6. The standard InChI is InChI=1S/C16H19NO2/c1-11(2)14-7-6-12(3)9-15(14)19-16-13(10-18)5-4-8-17-16/h4-9,11,18H,10H2,1-3H3. The van der Waals surface area contributed by atoms with Crippen LogP contribution in [0, 0.1) is 6.92 Å². The summed E-state index contributed by atoms with van der Waals surface area (Å²) in [4.78, 5) is 4.19. The van der Waals surface area contributed by atoms with Crippen LogP contribution in [0.1, 0.15) is 36.5 Å². The van der Waals surface area contributed by atoms with Gasteiger partial charge in [-0.1, -0.05) is 26.0 Å². The fraction of sp³-hybridized carbons (Fsp3) is 0.312. The summed E-state index contributed by atoms with van der Waals surface area (Å²) in [5, 5.41) is 9.31. The summed E-state index contributed by atoms with van der Waals surface area (Å²) in [5.74, 6) is 1.65. The Balaban J connectivity index is 2.39. The van der Waals surface area contributed by atoms with Crippen molar-refractivity contribution in [2.75, 3.05) is 0 Å². The van der Waals surface area contributed by atoms with Gasteiger partial charge in [-0.2, -0.15) is 0 Å². The van der Waals surface area contributed by atoms with Gasteiger partial charge in [0.2, 0.25) is 5.88 Å². The van der Waals surface area contributed by atoms with E-state index in [1.54, 1.807) is 12.3 Å². The first-order valence-electron chi connectivity index (χ1n) is 6.45. The average Bonchev–Trinajstić information content (AvgIpc) is 2.39. The summed E-state index contributed by atoms with van der Waals surface area (Å²) in [7, 11) is 0. The molecule has 0 amide bonds. The fourth-order valence-electron chi connectivity index (χ4n) is 1.95. The van der Waals surface area contributed by atoms with Gasteiger partial charge in [-0.3, -0.25) is 0 Å². The van der Waals surface area contributed by atoms with Gasteiger partial charge < -0.3 is 9.84 Å². The molecule has 0 aliphatic rings. The molecular formula is C16H19NO2. The number of hydrogen-bond acceptors (Lipinski definition) is 3. The Hall–Kier alpha value is -1.87. The molecule has 2 aromatic rings. The van der Waals surface area contributed by atoms with Crippen LogP contribution in [0.2, 0.25) is 0 Å². The lowest BCUT2D eigenvalue weighted by Crippen LogP contribution is -1.98. The first-order valence-corrected chi connectivity index (χ1v) is 6.45. The molecule has 1 aromatic carbocycles. The molecule has 3 nitrogen and oxygen atoms in total. The Labute approximate surface area is 113 Å². The van der Waals surface area contributed by atoms with Crippen LogP contribution in [-0.4, -0.2) is 10.1 Å². The molecule has 1 heterocycles. The van der Waals surface area contributed by atoms with Crippen molar-refractivity contribution in [3.63, 3.8) is 0 Å². The van der Waals surface area contributed by atoms with E-state index in [1.165, 1.54) is 0 Å². The predicted molar refractivity (Wildman–Crippen MR) is 75.5 cm³/mol.